The molecule has 72 valence electrons. The van der Waals surface area contributed by atoms with Crippen molar-refractivity contribution in [3.05, 3.63) is 35.9 Å². The van der Waals surface area contributed by atoms with Crippen molar-refractivity contribution in [2.75, 3.05) is 0 Å². The molecule has 1 aromatic rings. The molecule has 1 unspecified atom stereocenters. The summed E-state index contributed by atoms with van der Waals surface area (Å²) in [5.41, 5.74) is 3.49. The number of rotatable bonds is 4. The largest absolute Gasteiger partial charge is 0.316 e. The molecule has 0 fully saturated rings. The van der Waals surface area contributed by atoms with Crippen LogP contribution in [0.25, 0.3) is 0 Å². The molecule has 2 N–H and O–H groups in total. The second-order valence-corrected chi connectivity index (χ2v) is 3.72. The van der Waals surface area contributed by atoms with Crippen LogP contribution in [-0.2, 0) is 0 Å². The van der Waals surface area contributed by atoms with Crippen LogP contribution in [0.3, 0.4) is 0 Å². The number of hydrogen-bond acceptors (Lipinski definition) is 2. The molecule has 0 radical (unpaired) electrons. The average Bonchev–Trinajstić information content (AvgIpc) is 2.15. The highest BCUT2D eigenvalue weighted by atomic mass is 16.5. The molecule has 1 rings (SSSR count). The average molecular weight is 179 g/mol. The minimum atomic E-state index is 0.0567. The van der Waals surface area contributed by atoms with Gasteiger partial charge in [-0.3, -0.25) is 0 Å². The minimum absolute atomic E-state index is 0.0567. The van der Waals surface area contributed by atoms with Crippen LogP contribution in [0.15, 0.2) is 30.3 Å². The van der Waals surface area contributed by atoms with Crippen molar-refractivity contribution >= 4 is 0 Å². The minimum Gasteiger partial charge on any atom is -0.316 e. The molecule has 0 aromatic heterocycles. The van der Waals surface area contributed by atoms with E-state index < -0.39 is 0 Å². The Morgan fingerprint density at radius 1 is 1.23 bits per heavy atom. The van der Waals surface area contributed by atoms with Gasteiger partial charge in [0, 0.05) is 0 Å². The molecule has 0 saturated carbocycles. The Hall–Kier alpha value is -0.860. The van der Waals surface area contributed by atoms with Gasteiger partial charge in [-0.2, -0.15) is 5.48 Å². The Balaban J connectivity index is 2.67. The van der Waals surface area contributed by atoms with Crippen molar-refractivity contribution in [2.24, 2.45) is 5.92 Å². The van der Waals surface area contributed by atoms with Crippen molar-refractivity contribution in [3.63, 3.8) is 0 Å². The van der Waals surface area contributed by atoms with Crippen molar-refractivity contribution in [2.45, 2.75) is 26.3 Å². The fraction of sp³-hybridized carbons (Fsp3) is 0.455. The lowest BCUT2D eigenvalue weighted by Gasteiger charge is -2.17. The van der Waals surface area contributed by atoms with Gasteiger partial charge in [-0.15, -0.1) is 0 Å². The van der Waals surface area contributed by atoms with Gasteiger partial charge in [-0.25, -0.2) is 0 Å². The Morgan fingerprint density at radius 2 is 1.85 bits per heavy atom. The van der Waals surface area contributed by atoms with E-state index in [4.69, 9.17) is 5.21 Å². The van der Waals surface area contributed by atoms with Gasteiger partial charge in [-0.1, -0.05) is 44.2 Å². The third-order valence-electron chi connectivity index (χ3n) is 2.06. The lowest BCUT2D eigenvalue weighted by atomic mass is 9.98. The van der Waals surface area contributed by atoms with E-state index in [0.717, 1.165) is 12.0 Å². The Labute approximate surface area is 79.6 Å². The van der Waals surface area contributed by atoms with Gasteiger partial charge in [0.25, 0.3) is 0 Å². The van der Waals surface area contributed by atoms with E-state index in [2.05, 4.69) is 19.3 Å². The van der Waals surface area contributed by atoms with E-state index in [1.807, 2.05) is 30.3 Å². The first kappa shape index (κ1) is 10.2. The molecule has 0 heterocycles. The van der Waals surface area contributed by atoms with Gasteiger partial charge in [0.15, 0.2) is 0 Å². The zero-order valence-corrected chi connectivity index (χ0v) is 8.20. The van der Waals surface area contributed by atoms with Crippen LogP contribution in [-0.4, -0.2) is 5.21 Å². The molecule has 2 heteroatoms. The Bertz CT molecular complexity index is 233. The highest BCUT2D eigenvalue weighted by Gasteiger charge is 2.10. The molecule has 0 aliphatic heterocycles. The van der Waals surface area contributed by atoms with Gasteiger partial charge in [0.1, 0.15) is 0 Å². The van der Waals surface area contributed by atoms with Crippen molar-refractivity contribution in [3.8, 4) is 0 Å². The summed E-state index contributed by atoms with van der Waals surface area (Å²) >= 11 is 0. The summed E-state index contributed by atoms with van der Waals surface area (Å²) in [6.45, 7) is 4.29. The van der Waals surface area contributed by atoms with Gasteiger partial charge in [-0.05, 0) is 17.9 Å². The molecule has 0 saturated heterocycles. The van der Waals surface area contributed by atoms with Crippen molar-refractivity contribution in [1.29, 1.82) is 0 Å². The molecule has 0 aliphatic carbocycles. The molecule has 0 spiro atoms. The molecule has 1 aromatic carbocycles. The maximum absolute atomic E-state index is 8.98. The van der Waals surface area contributed by atoms with Gasteiger partial charge in [0.2, 0.25) is 0 Å². The van der Waals surface area contributed by atoms with Crippen LogP contribution in [0.4, 0.5) is 0 Å². The van der Waals surface area contributed by atoms with Gasteiger partial charge >= 0.3 is 0 Å². The van der Waals surface area contributed by atoms with Crippen LogP contribution in [0.2, 0.25) is 0 Å². The van der Waals surface area contributed by atoms with E-state index in [1.165, 1.54) is 0 Å². The third kappa shape index (κ3) is 3.17. The fourth-order valence-electron chi connectivity index (χ4n) is 1.42. The first-order valence-electron chi connectivity index (χ1n) is 4.68. The highest BCUT2D eigenvalue weighted by Crippen LogP contribution is 2.19. The van der Waals surface area contributed by atoms with Gasteiger partial charge < -0.3 is 5.21 Å². The number of hydrogen-bond donors (Lipinski definition) is 2. The van der Waals surface area contributed by atoms with Crippen molar-refractivity contribution < 1.29 is 5.21 Å². The topological polar surface area (TPSA) is 32.3 Å². The summed E-state index contributed by atoms with van der Waals surface area (Å²) in [7, 11) is 0. The van der Waals surface area contributed by atoms with E-state index in [1.54, 1.807) is 0 Å². The second kappa shape index (κ2) is 5.00. The summed E-state index contributed by atoms with van der Waals surface area (Å²) in [6, 6.07) is 10.1. The highest BCUT2D eigenvalue weighted by molar-refractivity contribution is 5.18. The molecular formula is C11H17NO. The summed E-state index contributed by atoms with van der Waals surface area (Å²) in [4.78, 5) is 0. The Kier molecular flexibility index (Phi) is 3.93. The first-order valence-corrected chi connectivity index (χ1v) is 4.68. The predicted octanol–water partition coefficient (Wildman–Crippen LogP) is 2.75. The maximum Gasteiger partial charge on any atom is 0.0571 e. The van der Waals surface area contributed by atoms with E-state index in [0.29, 0.717) is 5.92 Å². The molecule has 0 aliphatic rings. The molecule has 0 bridgehead atoms. The number of nitrogens with one attached hydrogen (secondary N) is 1. The lowest BCUT2D eigenvalue weighted by molar-refractivity contribution is 0.115. The van der Waals surface area contributed by atoms with Crippen LogP contribution in [0.1, 0.15) is 31.9 Å². The molecule has 0 amide bonds. The molecule has 1 atom stereocenters. The summed E-state index contributed by atoms with van der Waals surface area (Å²) in [5.74, 6) is 0.574. The SMILES string of the molecule is CC(C)CC(NO)c1ccccc1. The number of benzene rings is 1. The Morgan fingerprint density at radius 3 is 2.31 bits per heavy atom. The second-order valence-electron chi connectivity index (χ2n) is 3.72. The third-order valence-corrected chi connectivity index (χ3v) is 2.06. The van der Waals surface area contributed by atoms with Crippen molar-refractivity contribution in [1.82, 2.24) is 5.48 Å². The zero-order chi connectivity index (χ0) is 9.68. The monoisotopic (exact) mass is 179 g/mol. The fourth-order valence-corrected chi connectivity index (χ4v) is 1.42. The summed E-state index contributed by atoms with van der Waals surface area (Å²) in [6.07, 6.45) is 0.945. The number of hydroxylamine groups is 1. The lowest BCUT2D eigenvalue weighted by Crippen LogP contribution is -2.18. The maximum atomic E-state index is 8.98. The van der Waals surface area contributed by atoms with Crippen LogP contribution in [0, 0.1) is 5.92 Å². The molecule has 13 heavy (non-hydrogen) atoms. The standard InChI is InChI=1S/C11H17NO/c1-9(2)8-11(12-13)10-6-4-3-5-7-10/h3-7,9,11-13H,8H2,1-2H3. The molecule has 2 nitrogen and oxygen atoms in total. The van der Waals surface area contributed by atoms with Gasteiger partial charge in [0.05, 0.1) is 6.04 Å². The van der Waals surface area contributed by atoms with E-state index in [9.17, 15) is 0 Å². The van der Waals surface area contributed by atoms with Crippen LogP contribution in [0.5, 0.6) is 0 Å². The first-order chi connectivity index (χ1) is 6.24. The quantitative estimate of drug-likeness (QED) is 0.696. The summed E-state index contributed by atoms with van der Waals surface area (Å²) in [5, 5.41) is 8.98. The molecular weight excluding hydrogens is 162 g/mol. The normalized spacial score (nSPS) is 13.2. The van der Waals surface area contributed by atoms with Crippen LogP contribution >= 0.6 is 0 Å². The van der Waals surface area contributed by atoms with Crippen LogP contribution < -0.4 is 5.48 Å². The van der Waals surface area contributed by atoms with E-state index in [-0.39, 0.29) is 6.04 Å². The zero-order valence-electron chi connectivity index (χ0n) is 8.20. The predicted molar refractivity (Wildman–Crippen MR) is 53.6 cm³/mol. The van der Waals surface area contributed by atoms with E-state index >= 15 is 0 Å². The smallest absolute Gasteiger partial charge is 0.0571 e. The summed E-state index contributed by atoms with van der Waals surface area (Å²) < 4.78 is 0.